The van der Waals surface area contributed by atoms with Gasteiger partial charge in [-0.05, 0) is 19.8 Å². The first-order valence-corrected chi connectivity index (χ1v) is 8.01. The first kappa shape index (κ1) is 19.9. The number of hydrogen-bond acceptors (Lipinski definition) is 4. The van der Waals surface area contributed by atoms with Gasteiger partial charge in [-0.2, -0.15) is 0 Å². The van der Waals surface area contributed by atoms with Gasteiger partial charge in [0, 0.05) is 31.7 Å². The Balaban J connectivity index is 0.00000242. The smallest absolute Gasteiger partial charge is 0.191 e. The monoisotopic (exact) mass is 427 g/mol. The van der Waals surface area contributed by atoms with E-state index in [-0.39, 0.29) is 29.4 Å². The summed E-state index contributed by atoms with van der Waals surface area (Å²) in [6.45, 7) is 10.8. The van der Waals surface area contributed by atoms with Gasteiger partial charge in [-0.3, -0.25) is 4.99 Å². The van der Waals surface area contributed by atoms with Crippen LogP contribution in [-0.4, -0.2) is 64.7 Å². The fraction of sp³-hybridized carbons (Fsp3) is 0.933. The van der Waals surface area contributed by atoms with Crippen LogP contribution in [0.5, 0.6) is 0 Å². The van der Waals surface area contributed by atoms with Crippen LogP contribution in [-0.2, 0) is 14.2 Å². The van der Waals surface area contributed by atoms with Gasteiger partial charge in [0.15, 0.2) is 5.96 Å². The topological polar surface area (TPSA) is 64.1 Å². The van der Waals surface area contributed by atoms with E-state index in [0.29, 0.717) is 6.10 Å². The molecule has 0 spiro atoms. The SMILES string of the molecule is CCNC(=NCC1(C)COC1)NCCCOC1CCOC1.I. The Hall–Kier alpha value is -0.120. The van der Waals surface area contributed by atoms with Crippen molar-refractivity contribution in [3.05, 3.63) is 0 Å². The van der Waals surface area contributed by atoms with Crippen LogP contribution >= 0.6 is 24.0 Å². The molecule has 2 rings (SSSR count). The van der Waals surface area contributed by atoms with Crippen LogP contribution in [0, 0.1) is 5.41 Å². The highest BCUT2D eigenvalue weighted by Crippen LogP contribution is 2.26. The summed E-state index contributed by atoms with van der Waals surface area (Å²) in [5.74, 6) is 0.884. The van der Waals surface area contributed by atoms with Crippen LogP contribution in [0.3, 0.4) is 0 Å². The average molecular weight is 427 g/mol. The zero-order valence-corrected chi connectivity index (χ0v) is 16.1. The van der Waals surface area contributed by atoms with Gasteiger partial charge in [-0.1, -0.05) is 6.92 Å². The molecule has 1 unspecified atom stereocenters. The van der Waals surface area contributed by atoms with Crippen LogP contribution in [0.15, 0.2) is 4.99 Å². The normalized spacial score (nSPS) is 23.5. The molecule has 2 fully saturated rings. The lowest BCUT2D eigenvalue weighted by Gasteiger charge is -2.36. The third-order valence-corrected chi connectivity index (χ3v) is 3.72. The number of nitrogens with one attached hydrogen (secondary N) is 2. The zero-order chi connectivity index (χ0) is 15.0. The van der Waals surface area contributed by atoms with Gasteiger partial charge in [0.2, 0.25) is 0 Å². The Kier molecular flexibility index (Phi) is 9.62. The molecule has 6 nitrogen and oxygen atoms in total. The molecule has 0 aliphatic carbocycles. The number of aliphatic imine (C=N–C) groups is 1. The van der Waals surface area contributed by atoms with Crippen molar-refractivity contribution in [1.29, 1.82) is 0 Å². The molecule has 0 amide bonds. The van der Waals surface area contributed by atoms with E-state index in [1.807, 2.05) is 0 Å². The van der Waals surface area contributed by atoms with Crippen LogP contribution in [0.2, 0.25) is 0 Å². The Morgan fingerprint density at radius 1 is 1.32 bits per heavy atom. The largest absolute Gasteiger partial charge is 0.380 e. The van der Waals surface area contributed by atoms with Crippen molar-refractivity contribution in [2.75, 3.05) is 52.7 Å². The van der Waals surface area contributed by atoms with Crippen molar-refractivity contribution in [3.8, 4) is 0 Å². The predicted octanol–water partition coefficient (Wildman–Crippen LogP) is 1.39. The minimum absolute atomic E-state index is 0. The highest BCUT2D eigenvalue weighted by atomic mass is 127. The van der Waals surface area contributed by atoms with Gasteiger partial charge in [0.25, 0.3) is 0 Å². The summed E-state index contributed by atoms with van der Waals surface area (Å²) in [4.78, 5) is 4.64. The second-order valence-corrected chi connectivity index (χ2v) is 6.14. The molecule has 7 heteroatoms. The molecule has 2 aliphatic heterocycles. The summed E-state index contributed by atoms with van der Waals surface area (Å²) < 4.78 is 16.3. The average Bonchev–Trinajstić information content (AvgIpc) is 2.95. The van der Waals surface area contributed by atoms with Gasteiger partial charge in [0.05, 0.1) is 32.5 Å². The van der Waals surface area contributed by atoms with Crippen LogP contribution in [0.4, 0.5) is 0 Å². The maximum atomic E-state index is 5.74. The summed E-state index contributed by atoms with van der Waals surface area (Å²) in [5.41, 5.74) is 0.216. The molecule has 0 bridgehead atoms. The molecule has 0 radical (unpaired) electrons. The van der Waals surface area contributed by atoms with E-state index >= 15 is 0 Å². The third-order valence-electron chi connectivity index (χ3n) is 3.72. The number of hydrogen-bond donors (Lipinski definition) is 2. The van der Waals surface area contributed by atoms with E-state index in [2.05, 4.69) is 29.5 Å². The zero-order valence-electron chi connectivity index (χ0n) is 13.7. The standard InChI is InChI=1S/C15H29N3O3.HI/c1-3-16-14(18-10-15(2)11-20-12-15)17-6-4-7-21-13-5-8-19-9-13;/h13H,3-12H2,1-2H3,(H2,16,17,18);1H. The molecule has 22 heavy (non-hydrogen) atoms. The second-order valence-electron chi connectivity index (χ2n) is 6.14. The summed E-state index contributed by atoms with van der Waals surface area (Å²) in [5, 5.41) is 6.63. The lowest BCUT2D eigenvalue weighted by molar-refractivity contribution is -0.0945. The molecule has 2 heterocycles. The van der Waals surface area contributed by atoms with Gasteiger partial charge >= 0.3 is 0 Å². The number of guanidine groups is 1. The summed E-state index contributed by atoms with van der Waals surface area (Å²) in [7, 11) is 0. The van der Waals surface area contributed by atoms with Crippen LogP contribution < -0.4 is 10.6 Å². The van der Waals surface area contributed by atoms with Crippen molar-refractivity contribution < 1.29 is 14.2 Å². The van der Waals surface area contributed by atoms with Gasteiger partial charge in [0.1, 0.15) is 0 Å². The highest BCUT2D eigenvalue weighted by molar-refractivity contribution is 14.0. The Bertz CT molecular complexity index is 332. The van der Waals surface area contributed by atoms with E-state index in [1.165, 1.54) is 0 Å². The fourth-order valence-electron chi connectivity index (χ4n) is 2.33. The van der Waals surface area contributed by atoms with Gasteiger partial charge in [-0.15, -0.1) is 24.0 Å². The van der Waals surface area contributed by atoms with E-state index in [9.17, 15) is 0 Å². The summed E-state index contributed by atoms with van der Waals surface area (Å²) in [6, 6.07) is 0. The molecule has 130 valence electrons. The van der Waals surface area contributed by atoms with Crippen molar-refractivity contribution in [2.45, 2.75) is 32.8 Å². The first-order chi connectivity index (χ1) is 10.2. The first-order valence-electron chi connectivity index (χ1n) is 8.01. The van der Waals surface area contributed by atoms with Crippen LogP contribution in [0.1, 0.15) is 26.7 Å². The van der Waals surface area contributed by atoms with E-state index in [0.717, 1.165) is 71.5 Å². The van der Waals surface area contributed by atoms with Crippen molar-refractivity contribution in [2.24, 2.45) is 10.4 Å². The third kappa shape index (κ3) is 6.97. The molecule has 2 saturated heterocycles. The van der Waals surface area contributed by atoms with Gasteiger partial charge in [-0.25, -0.2) is 0 Å². The number of ether oxygens (including phenoxy) is 3. The van der Waals surface area contributed by atoms with Gasteiger partial charge < -0.3 is 24.8 Å². The Morgan fingerprint density at radius 2 is 2.14 bits per heavy atom. The summed E-state index contributed by atoms with van der Waals surface area (Å²) in [6.07, 6.45) is 2.30. The molecule has 1 atom stereocenters. The molecule has 0 aromatic heterocycles. The van der Waals surface area contributed by atoms with E-state index < -0.39 is 0 Å². The molecule has 2 aliphatic rings. The lowest BCUT2D eigenvalue weighted by atomic mass is 9.89. The van der Waals surface area contributed by atoms with Crippen molar-refractivity contribution in [1.82, 2.24) is 10.6 Å². The molecule has 0 aromatic carbocycles. The lowest BCUT2D eigenvalue weighted by Crippen LogP contribution is -2.44. The maximum Gasteiger partial charge on any atom is 0.191 e. The number of rotatable bonds is 8. The fourth-order valence-corrected chi connectivity index (χ4v) is 2.33. The van der Waals surface area contributed by atoms with Crippen molar-refractivity contribution in [3.63, 3.8) is 0 Å². The minimum atomic E-state index is 0. The molecule has 0 saturated carbocycles. The highest BCUT2D eigenvalue weighted by Gasteiger charge is 2.33. The molecule has 2 N–H and O–H groups in total. The van der Waals surface area contributed by atoms with Crippen molar-refractivity contribution >= 4 is 29.9 Å². The molecule has 0 aromatic rings. The summed E-state index contributed by atoms with van der Waals surface area (Å²) >= 11 is 0. The minimum Gasteiger partial charge on any atom is -0.380 e. The maximum absolute atomic E-state index is 5.74. The quantitative estimate of drug-likeness (QED) is 0.265. The molecular formula is C15H30IN3O3. The number of nitrogens with zero attached hydrogens (tertiary/aromatic N) is 1. The number of halogens is 1. The predicted molar refractivity (Wildman–Crippen MR) is 98.1 cm³/mol. The second kappa shape index (κ2) is 10.6. The Morgan fingerprint density at radius 3 is 2.73 bits per heavy atom. The molecular weight excluding hydrogens is 397 g/mol. The Labute approximate surface area is 150 Å². The van der Waals surface area contributed by atoms with Crippen LogP contribution in [0.25, 0.3) is 0 Å². The van der Waals surface area contributed by atoms with E-state index in [1.54, 1.807) is 0 Å². The van der Waals surface area contributed by atoms with E-state index in [4.69, 9.17) is 14.2 Å².